The first-order chi connectivity index (χ1) is 9.47. The number of aryl methyl sites for hydroxylation is 1. The predicted molar refractivity (Wildman–Crippen MR) is 79.5 cm³/mol. The van der Waals surface area contributed by atoms with E-state index in [0.29, 0.717) is 16.3 Å². The van der Waals surface area contributed by atoms with Crippen LogP contribution in [-0.4, -0.2) is 0 Å². The Morgan fingerprint density at radius 2 is 2.00 bits per heavy atom. The molecule has 106 valence electrons. The molecule has 0 saturated carbocycles. The Morgan fingerprint density at radius 1 is 1.25 bits per heavy atom. The lowest BCUT2D eigenvalue weighted by Crippen LogP contribution is -2.09. The van der Waals surface area contributed by atoms with E-state index in [4.69, 9.17) is 22.1 Å². The number of ether oxygens (including phenoxy) is 1. The molecule has 2 aromatic carbocycles. The minimum absolute atomic E-state index is 0.139. The highest BCUT2D eigenvalue weighted by atomic mass is 35.5. The highest BCUT2D eigenvalue weighted by Gasteiger charge is 2.10. The Bertz CT molecular complexity index is 613. The smallest absolute Gasteiger partial charge is 0.131 e. The van der Waals surface area contributed by atoms with Gasteiger partial charge in [-0.15, -0.1) is 0 Å². The van der Waals surface area contributed by atoms with Crippen molar-refractivity contribution in [2.45, 2.75) is 26.5 Å². The van der Waals surface area contributed by atoms with Gasteiger partial charge in [0.2, 0.25) is 0 Å². The second kappa shape index (κ2) is 6.25. The zero-order chi connectivity index (χ0) is 14.7. The zero-order valence-corrected chi connectivity index (χ0v) is 12.2. The van der Waals surface area contributed by atoms with Gasteiger partial charge < -0.3 is 10.5 Å². The van der Waals surface area contributed by atoms with E-state index in [-0.39, 0.29) is 18.5 Å². The van der Waals surface area contributed by atoms with E-state index in [1.165, 1.54) is 6.07 Å². The molecule has 0 spiro atoms. The quantitative estimate of drug-likeness (QED) is 0.907. The molecule has 0 radical (unpaired) electrons. The highest BCUT2D eigenvalue weighted by molar-refractivity contribution is 6.30. The normalized spacial score (nSPS) is 12.2. The molecule has 0 fully saturated rings. The molecule has 2 nitrogen and oxygen atoms in total. The van der Waals surface area contributed by atoms with Crippen LogP contribution < -0.4 is 10.5 Å². The fourth-order valence-electron chi connectivity index (χ4n) is 1.95. The van der Waals surface area contributed by atoms with E-state index in [0.717, 1.165) is 11.1 Å². The lowest BCUT2D eigenvalue weighted by Gasteiger charge is -2.15. The number of rotatable bonds is 4. The summed E-state index contributed by atoms with van der Waals surface area (Å²) in [6.45, 7) is 4.03. The fourth-order valence-corrected chi connectivity index (χ4v) is 2.11. The summed E-state index contributed by atoms with van der Waals surface area (Å²) in [7, 11) is 0. The number of benzene rings is 2. The summed E-state index contributed by atoms with van der Waals surface area (Å²) in [6, 6.07) is 10.2. The molecule has 1 atom stereocenters. The van der Waals surface area contributed by atoms with Gasteiger partial charge in [0.25, 0.3) is 0 Å². The molecule has 0 heterocycles. The number of nitrogens with two attached hydrogens (primary N) is 1. The molecule has 0 aromatic heterocycles. The van der Waals surface area contributed by atoms with E-state index in [1.807, 2.05) is 32.0 Å². The van der Waals surface area contributed by atoms with Gasteiger partial charge in [-0.25, -0.2) is 4.39 Å². The van der Waals surface area contributed by atoms with Gasteiger partial charge in [0, 0.05) is 22.2 Å². The number of hydrogen-bond donors (Lipinski definition) is 1. The maximum absolute atomic E-state index is 13.7. The Hall–Kier alpha value is -1.58. The highest BCUT2D eigenvalue weighted by Crippen LogP contribution is 2.26. The van der Waals surface area contributed by atoms with E-state index >= 15 is 0 Å². The predicted octanol–water partition coefficient (Wildman–Crippen LogP) is 4.39. The van der Waals surface area contributed by atoms with Crippen LogP contribution in [0, 0.1) is 12.7 Å². The van der Waals surface area contributed by atoms with Crippen molar-refractivity contribution in [3.8, 4) is 5.75 Å². The summed E-state index contributed by atoms with van der Waals surface area (Å²) in [5, 5.41) is 0.373. The lowest BCUT2D eigenvalue weighted by atomic mass is 10.1. The maximum atomic E-state index is 13.7. The Kier molecular flexibility index (Phi) is 4.63. The summed E-state index contributed by atoms with van der Waals surface area (Å²) in [5.41, 5.74) is 8.42. The summed E-state index contributed by atoms with van der Waals surface area (Å²) >= 11 is 5.72. The molecule has 20 heavy (non-hydrogen) atoms. The second-order valence-corrected chi connectivity index (χ2v) is 5.29. The third kappa shape index (κ3) is 3.50. The first-order valence-electron chi connectivity index (χ1n) is 6.40. The molecular weight excluding hydrogens is 277 g/mol. The average Bonchev–Trinajstić information content (AvgIpc) is 2.38. The molecule has 2 N–H and O–H groups in total. The van der Waals surface area contributed by atoms with Crippen LogP contribution in [0.25, 0.3) is 0 Å². The summed E-state index contributed by atoms with van der Waals surface area (Å²) in [6.07, 6.45) is 0. The third-order valence-electron chi connectivity index (χ3n) is 3.05. The van der Waals surface area contributed by atoms with Crippen molar-refractivity contribution in [3.63, 3.8) is 0 Å². The third-order valence-corrected chi connectivity index (χ3v) is 3.29. The fraction of sp³-hybridized carbons (Fsp3) is 0.250. The van der Waals surface area contributed by atoms with E-state index in [9.17, 15) is 4.39 Å². The van der Waals surface area contributed by atoms with Crippen LogP contribution >= 0.6 is 11.6 Å². The molecule has 4 heteroatoms. The summed E-state index contributed by atoms with van der Waals surface area (Å²) < 4.78 is 19.4. The van der Waals surface area contributed by atoms with Crippen LogP contribution in [-0.2, 0) is 6.61 Å². The molecule has 2 rings (SSSR count). The molecule has 0 bridgehead atoms. The Balaban J connectivity index is 2.18. The van der Waals surface area contributed by atoms with Gasteiger partial charge in [-0.05, 0) is 32.0 Å². The molecule has 0 aliphatic heterocycles. The van der Waals surface area contributed by atoms with E-state index < -0.39 is 0 Å². The monoisotopic (exact) mass is 293 g/mol. The molecule has 0 saturated heterocycles. The second-order valence-electron chi connectivity index (χ2n) is 4.85. The Morgan fingerprint density at radius 3 is 2.65 bits per heavy atom. The largest absolute Gasteiger partial charge is 0.488 e. The van der Waals surface area contributed by atoms with Gasteiger partial charge in [0.05, 0.1) is 0 Å². The number of halogens is 2. The SMILES string of the molecule is Cc1ccc(OCc2ccc(Cl)cc2F)c([C@H](C)N)c1. The molecule has 0 aliphatic carbocycles. The van der Waals surface area contributed by atoms with Crippen molar-refractivity contribution >= 4 is 11.6 Å². The molecule has 2 aromatic rings. The van der Waals surface area contributed by atoms with Crippen molar-refractivity contribution in [1.82, 2.24) is 0 Å². The zero-order valence-electron chi connectivity index (χ0n) is 11.5. The molecule has 0 unspecified atom stereocenters. The van der Waals surface area contributed by atoms with Crippen LogP contribution in [0.15, 0.2) is 36.4 Å². The molecular formula is C16H17ClFNO. The van der Waals surface area contributed by atoms with Crippen LogP contribution in [0.3, 0.4) is 0 Å². The maximum Gasteiger partial charge on any atom is 0.131 e. The summed E-state index contributed by atoms with van der Waals surface area (Å²) in [5.74, 6) is 0.312. The van der Waals surface area contributed by atoms with Crippen LogP contribution in [0.5, 0.6) is 5.75 Å². The van der Waals surface area contributed by atoms with Gasteiger partial charge in [-0.2, -0.15) is 0 Å². The lowest BCUT2D eigenvalue weighted by molar-refractivity contribution is 0.295. The van der Waals surface area contributed by atoms with Crippen LogP contribution in [0.1, 0.15) is 29.7 Å². The van der Waals surface area contributed by atoms with Crippen molar-refractivity contribution < 1.29 is 9.13 Å². The Labute approximate surface area is 123 Å². The molecule has 0 aliphatic rings. The first-order valence-corrected chi connectivity index (χ1v) is 6.78. The average molecular weight is 294 g/mol. The van der Waals surface area contributed by atoms with E-state index in [2.05, 4.69) is 0 Å². The first kappa shape index (κ1) is 14.8. The minimum Gasteiger partial charge on any atom is -0.488 e. The van der Waals surface area contributed by atoms with Crippen LogP contribution in [0.2, 0.25) is 5.02 Å². The van der Waals surface area contributed by atoms with Gasteiger partial charge >= 0.3 is 0 Å². The standard InChI is InChI=1S/C16H17ClFNO/c1-10-3-6-16(14(7-10)11(2)19)20-9-12-4-5-13(17)8-15(12)18/h3-8,11H,9,19H2,1-2H3/t11-/m0/s1. The molecule has 0 amide bonds. The summed E-state index contributed by atoms with van der Waals surface area (Å²) in [4.78, 5) is 0. The minimum atomic E-state index is -0.369. The van der Waals surface area contributed by atoms with Crippen LogP contribution in [0.4, 0.5) is 4.39 Å². The van der Waals surface area contributed by atoms with Gasteiger partial charge in [-0.3, -0.25) is 0 Å². The van der Waals surface area contributed by atoms with Crippen molar-refractivity contribution in [3.05, 3.63) is 63.9 Å². The van der Waals surface area contributed by atoms with Gasteiger partial charge in [0.15, 0.2) is 0 Å². The van der Waals surface area contributed by atoms with Gasteiger partial charge in [0.1, 0.15) is 18.2 Å². The van der Waals surface area contributed by atoms with Crippen molar-refractivity contribution in [2.24, 2.45) is 5.73 Å². The number of hydrogen-bond acceptors (Lipinski definition) is 2. The van der Waals surface area contributed by atoms with E-state index in [1.54, 1.807) is 12.1 Å². The van der Waals surface area contributed by atoms with Crippen molar-refractivity contribution in [1.29, 1.82) is 0 Å². The van der Waals surface area contributed by atoms with Gasteiger partial charge in [-0.1, -0.05) is 35.4 Å². The van der Waals surface area contributed by atoms with Crippen molar-refractivity contribution in [2.75, 3.05) is 0 Å². The topological polar surface area (TPSA) is 35.2 Å².